The van der Waals surface area contributed by atoms with Crippen LogP contribution in [-0.4, -0.2) is 26.6 Å². The van der Waals surface area contributed by atoms with Crippen LogP contribution in [0, 0.1) is 0 Å². The molecule has 0 aromatic heterocycles. The average molecular weight is 448 g/mol. The summed E-state index contributed by atoms with van der Waals surface area (Å²) in [6, 6.07) is 14.4. The molecule has 3 rings (SSSR count). The van der Waals surface area contributed by atoms with Crippen molar-refractivity contribution < 1.29 is 13.2 Å². The molecule has 1 aliphatic carbocycles. The van der Waals surface area contributed by atoms with Gasteiger partial charge in [-0.2, -0.15) is 5.10 Å². The van der Waals surface area contributed by atoms with E-state index in [1.54, 1.807) is 30.3 Å². The summed E-state index contributed by atoms with van der Waals surface area (Å²) < 4.78 is 27.6. The zero-order chi connectivity index (χ0) is 21.4. The van der Waals surface area contributed by atoms with Gasteiger partial charge in [-0.3, -0.25) is 9.10 Å². The molecule has 1 fully saturated rings. The minimum Gasteiger partial charge on any atom is -0.271 e. The van der Waals surface area contributed by atoms with Crippen molar-refractivity contribution in [2.75, 3.05) is 10.8 Å². The second-order valence-corrected chi connectivity index (χ2v) is 9.58. The predicted molar refractivity (Wildman–Crippen MR) is 120 cm³/mol. The lowest BCUT2D eigenvalue weighted by molar-refractivity contribution is -0.119. The molecule has 6 nitrogen and oxygen atoms in total. The second kappa shape index (κ2) is 10.6. The number of anilines is 1. The average Bonchev–Trinajstić information content (AvgIpc) is 2.72. The number of benzene rings is 2. The summed E-state index contributed by atoms with van der Waals surface area (Å²) in [5, 5.41) is 4.71. The molecule has 0 bridgehead atoms. The molecule has 1 amide bonds. The third-order valence-electron chi connectivity index (χ3n) is 5.00. The fourth-order valence-corrected chi connectivity index (χ4v) is 4.92. The molecule has 30 heavy (non-hydrogen) atoms. The summed E-state index contributed by atoms with van der Waals surface area (Å²) in [6.45, 7) is -0.369. The molecule has 2 aromatic carbocycles. The fraction of sp³-hybridized carbons (Fsp3) is 0.364. The van der Waals surface area contributed by atoms with Gasteiger partial charge in [0.2, 0.25) is 0 Å². The number of hydrazone groups is 1. The van der Waals surface area contributed by atoms with Gasteiger partial charge in [0, 0.05) is 10.7 Å². The molecule has 1 N–H and O–H groups in total. The molecule has 1 aliphatic rings. The molecule has 0 spiro atoms. The highest BCUT2D eigenvalue weighted by Gasteiger charge is 2.27. The lowest BCUT2D eigenvalue weighted by Gasteiger charge is -2.23. The van der Waals surface area contributed by atoms with Crippen molar-refractivity contribution in [1.29, 1.82) is 0 Å². The van der Waals surface area contributed by atoms with Crippen molar-refractivity contribution in [2.45, 2.75) is 49.8 Å². The molecule has 0 unspecified atom stereocenters. The van der Waals surface area contributed by atoms with Gasteiger partial charge in [0.15, 0.2) is 0 Å². The molecule has 8 heteroatoms. The Hall–Kier alpha value is -2.38. The summed E-state index contributed by atoms with van der Waals surface area (Å²) in [5.41, 5.74) is 3.93. The van der Waals surface area contributed by atoms with Gasteiger partial charge in [-0.15, -0.1) is 0 Å². The van der Waals surface area contributed by atoms with E-state index in [9.17, 15) is 13.2 Å². The van der Waals surface area contributed by atoms with Crippen LogP contribution in [0.25, 0.3) is 0 Å². The van der Waals surface area contributed by atoms with Crippen LogP contribution in [0.1, 0.15) is 44.9 Å². The Labute approximate surface area is 183 Å². The smallest absolute Gasteiger partial charge is 0.264 e. The van der Waals surface area contributed by atoms with Crippen LogP contribution < -0.4 is 9.73 Å². The summed E-state index contributed by atoms with van der Waals surface area (Å²) in [6.07, 6.45) is 7.46. The quantitative estimate of drug-likeness (QED) is 0.649. The van der Waals surface area contributed by atoms with Crippen LogP contribution in [-0.2, 0) is 14.8 Å². The Kier molecular flexibility index (Phi) is 7.87. The number of halogens is 1. The highest BCUT2D eigenvalue weighted by molar-refractivity contribution is 7.92. The zero-order valence-electron chi connectivity index (χ0n) is 16.8. The van der Waals surface area contributed by atoms with E-state index < -0.39 is 15.9 Å². The van der Waals surface area contributed by atoms with Gasteiger partial charge in [-0.05, 0) is 62.1 Å². The second-order valence-electron chi connectivity index (χ2n) is 7.28. The van der Waals surface area contributed by atoms with Gasteiger partial charge >= 0.3 is 0 Å². The standard InChI is InChI=1S/C22H26ClN3O3S/c23-18-13-15-21(16-14-18)30(28,29)26(20-11-7-4-8-12-20)17-22(27)25-24-19-9-5-2-1-3-6-10-19/h4,7-8,11-16H,1-3,5-6,9-10,17H2,(H,25,27). The van der Waals surface area contributed by atoms with Crippen molar-refractivity contribution in [3.63, 3.8) is 0 Å². The van der Waals surface area contributed by atoms with E-state index in [4.69, 9.17) is 11.6 Å². The number of carbonyl (C=O) groups excluding carboxylic acids is 1. The van der Waals surface area contributed by atoms with Gasteiger partial charge in [-0.25, -0.2) is 13.8 Å². The number of hydrogen-bond donors (Lipinski definition) is 1. The molecular formula is C22H26ClN3O3S. The van der Waals surface area contributed by atoms with Crippen LogP contribution in [0.2, 0.25) is 5.02 Å². The van der Waals surface area contributed by atoms with E-state index in [0.717, 1.165) is 35.7 Å². The first-order chi connectivity index (χ1) is 14.5. The minimum absolute atomic E-state index is 0.0647. The highest BCUT2D eigenvalue weighted by Crippen LogP contribution is 2.24. The van der Waals surface area contributed by atoms with E-state index in [1.165, 1.54) is 43.5 Å². The third kappa shape index (κ3) is 6.06. The molecule has 0 atom stereocenters. The van der Waals surface area contributed by atoms with Crippen molar-refractivity contribution in [1.82, 2.24) is 5.43 Å². The molecular weight excluding hydrogens is 422 g/mol. The summed E-state index contributed by atoms with van der Waals surface area (Å²) >= 11 is 5.89. The van der Waals surface area contributed by atoms with E-state index >= 15 is 0 Å². The first kappa shape index (κ1) is 22.3. The molecule has 0 aliphatic heterocycles. The first-order valence-electron chi connectivity index (χ1n) is 10.1. The lowest BCUT2D eigenvalue weighted by Crippen LogP contribution is -2.39. The maximum absolute atomic E-state index is 13.2. The van der Waals surface area contributed by atoms with Gasteiger partial charge in [-0.1, -0.05) is 49.1 Å². The minimum atomic E-state index is -3.95. The summed E-state index contributed by atoms with van der Waals surface area (Å²) in [7, 11) is -3.95. The Morgan fingerprint density at radius 1 is 0.933 bits per heavy atom. The Balaban J connectivity index is 1.79. The van der Waals surface area contributed by atoms with Gasteiger partial charge in [0.25, 0.3) is 15.9 Å². The lowest BCUT2D eigenvalue weighted by atomic mass is 9.99. The normalized spacial score (nSPS) is 15.0. The predicted octanol–water partition coefficient (Wildman–Crippen LogP) is 4.75. The number of nitrogens with zero attached hydrogens (tertiary/aromatic N) is 2. The Morgan fingerprint density at radius 2 is 1.53 bits per heavy atom. The van der Waals surface area contributed by atoms with E-state index in [-0.39, 0.29) is 11.4 Å². The molecule has 1 saturated carbocycles. The highest BCUT2D eigenvalue weighted by atomic mass is 35.5. The van der Waals surface area contributed by atoms with Crippen molar-refractivity contribution in [3.8, 4) is 0 Å². The van der Waals surface area contributed by atoms with Gasteiger partial charge in [0.1, 0.15) is 6.54 Å². The largest absolute Gasteiger partial charge is 0.271 e. The SMILES string of the molecule is O=C(CN(c1ccccc1)S(=O)(=O)c1ccc(Cl)cc1)NN=C1CCCCCCC1. The molecule has 0 radical (unpaired) electrons. The molecule has 0 heterocycles. The van der Waals surface area contributed by atoms with Crippen LogP contribution in [0.3, 0.4) is 0 Å². The van der Waals surface area contributed by atoms with Gasteiger partial charge in [0.05, 0.1) is 10.6 Å². The van der Waals surface area contributed by atoms with Crippen LogP contribution in [0.5, 0.6) is 0 Å². The number of amides is 1. The number of hydrogen-bond acceptors (Lipinski definition) is 4. The first-order valence-corrected chi connectivity index (χ1v) is 12.0. The number of rotatable bonds is 6. The van der Waals surface area contributed by atoms with Crippen molar-refractivity contribution in [3.05, 3.63) is 59.6 Å². The molecule has 0 saturated heterocycles. The van der Waals surface area contributed by atoms with E-state index in [2.05, 4.69) is 10.5 Å². The van der Waals surface area contributed by atoms with E-state index in [1.807, 2.05) is 0 Å². The Bertz CT molecular complexity index is 966. The summed E-state index contributed by atoms with van der Waals surface area (Å²) in [5.74, 6) is -0.481. The number of para-hydroxylation sites is 1. The van der Waals surface area contributed by atoms with Crippen molar-refractivity contribution >= 4 is 38.9 Å². The van der Waals surface area contributed by atoms with Crippen LogP contribution in [0.15, 0.2) is 64.6 Å². The van der Waals surface area contributed by atoms with Crippen LogP contribution >= 0.6 is 11.6 Å². The number of sulfonamides is 1. The number of carbonyl (C=O) groups is 1. The van der Waals surface area contributed by atoms with Crippen LogP contribution in [0.4, 0.5) is 5.69 Å². The maximum atomic E-state index is 13.2. The number of nitrogens with one attached hydrogen (secondary N) is 1. The topological polar surface area (TPSA) is 78.8 Å². The van der Waals surface area contributed by atoms with E-state index in [0.29, 0.717) is 10.7 Å². The maximum Gasteiger partial charge on any atom is 0.264 e. The summed E-state index contributed by atoms with van der Waals surface area (Å²) in [4.78, 5) is 12.7. The van der Waals surface area contributed by atoms with Crippen molar-refractivity contribution in [2.24, 2.45) is 5.10 Å². The molecule has 2 aromatic rings. The third-order valence-corrected chi connectivity index (χ3v) is 7.04. The Morgan fingerprint density at radius 3 is 2.17 bits per heavy atom. The van der Waals surface area contributed by atoms with Gasteiger partial charge < -0.3 is 0 Å². The molecule has 160 valence electrons. The fourth-order valence-electron chi connectivity index (χ4n) is 3.38. The zero-order valence-corrected chi connectivity index (χ0v) is 18.3. The monoisotopic (exact) mass is 447 g/mol.